The van der Waals surface area contributed by atoms with E-state index in [-0.39, 0.29) is 12.1 Å². The number of sulfonamides is 1. The number of nitrogens with zero attached hydrogens (tertiary/aromatic N) is 1. The quantitative estimate of drug-likeness (QED) is 0.908. The van der Waals surface area contributed by atoms with Crippen molar-refractivity contribution in [3.8, 4) is 0 Å². The number of rotatable bonds is 5. The number of hydrogen-bond acceptors (Lipinski definition) is 3. The molecule has 0 radical (unpaired) electrons. The van der Waals surface area contributed by atoms with Crippen molar-refractivity contribution in [1.82, 2.24) is 4.31 Å². The summed E-state index contributed by atoms with van der Waals surface area (Å²) in [6.45, 7) is 6.90. The van der Waals surface area contributed by atoms with Crippen molar-refractivity contribution < 1.29 is 8.42 Å². The van der Waals surface area contributed by atoms with Gasteiger partial charge in [-0.15, -0.1) is 0 Å². The molecule has 2 atom stereocenters. The third-order valence-corrected chi connectivity index (χ3v) is 6.07. The summed E-state index contributed by atoms with van der Waals surface area (Å²) in [5.41, 5.74) is 0.952. The van der Waals surface area contributed by atoms with Gasteiger partial charge in [0.05, 0.1) is 4.90 Å². The van der Waals surface area contributed by atoms with E-state index in [9.17, 15) is 8.42 Å². The minimum atomic E-state index is -3.38. The highest BCUT2D eigenvalue weighted by Crippen LogP contribution is 2.32. The predicted octanol–water partition coefficient (Wildman–Crippen LogP) is 3.07. The molecule has 0 saturated carbocycles. The fraction of sp³-hybridized carbons (Fsp3) is 0.600. The molecule has 0 spiro atoms. The summed E-state index contributed by atoms with van der Waals surface area (Å²) < 4.78 is 27.3. The first-order valence-electron chi connectivity index (χ1n) is 7.38. The van der Waals surface area contributed by atoms with Crippen LogP contribution in [-0.2, 0) is 10.0 Å². The van der Waals surface area contributed by atoms with Crippen LogP contribution in [0.3, 0.4) is 0 Å². The molecular formula is C15H24N2O2S. The Balaban J connectivity index is 2.29. The lowest BCUT2D eigenvalue weighted by molar-refractivity contribution is 0.328. The summed E-state index contributed by atoms with van der Waals surface area (Å²) in [6, 6.07) is 7.30. The minimum absolute atomic E-state index is 0.0957. The van der Waals surface area contributed by atoms with E-state index in [1.165, 1.54) is 0 Å². The molecule has 0 aliphatic carbocycles. The highest BCUT2D eigenvalue weighted by Gasteiger charge is 2.38. The smallest absolute Gasteiger partial charge is 0.243 e. The molecular weight excluding hydrogens is 272 g/mol. The summed E-state index contributed by atoms with van der Waals surface area (Å²) in [5.74, 6) is 0. The molecule has 1 heterocycles. The fourth-order valence-corrected chi connectivity index (χ4v) is 4.89. The molecule has 4 nitrogen and oxygen atoms in total. The third kappa shape index (κ3) is 2.83. The van der Waals surface area contributed by atoms with Gasteiger partial charge in [0.2, 0.25) is 10.0 Å². The van der Waals surface area contributed by atoms with Gasteiger partial charge < -0.3 is 5.32 Å². The minimum Gasteiger partial charge on any atom is -0.385 e. The molecule has 1 fully saturated rings. The van der Waals surface area contributed by atoms with E-state index in [4.69, 9.17) is 0 Å². The van der Waals surface area contributed by atoms with Gasteiger partial charge in [0.1, 0.15) is 0 Å². The van der Waals surface area contributed by atoms with Gasteiger partial charge >= 0.3 is 0 Å². The third-order valence-electron chi connectivity index (χ3n) is 3.99. The normalized spacial score (nSPS) is 23.9. The average molecular weight is 296 g/mol. The van der Waals surface area contributed by atoms with Crippen molar-refractivity contribution >= 4 is 15.7 Å². The molecule has 0 bridgehead atoms. The highest BCUT2D eigenvalue weighted by molar-refractivity contribution is 7.89. The van der Waals surface area contributed by atoms with E-state index in [0.717, 1.165) is 31.5 Å². The topological polar surface area (TPSA) is 49.4 Å². The van der Waals surface area contributed by atoms with Gasteiger partial charge in [0, 0.05) is 24.3 Å². The first-order chi connectivity index (χ1) is 9.50. The van der Waals surface area contributed by atoms with Crippen molar-refractivity contribution in [2.75, 3.05) is 11.9 Å². The monoisotopic (exact) mass is 296 g/mol. The number of hydrogen-bond donors (Lipinski definition) is 1. The van der Waals surface area contributed by atoms with Crippen LogP contribution in [0, 0.1) is 0 Å². The molecule has 0 amide bonds. The Morgan fingerprint density at radius 2 is 1.85 bits per heavy atom. The molecule has 0 aromatic heterocycles. The van der Waals surface area contributed by atoms with Crippen LogP contribution in [0.15, 0.2) is 29.2 Å². The van der Waals surface area contributed by atoms with Crippen LogP contribution in [0.4, 0.5) is 5.69 Å². The van der Waals surface area contributed by atoms with Crippen molar-refractivity contribution in [3.05, 3.63) is 24.3 Å². The summed E-state index contributed by atoms with van der Waals surface area (Å²) in [7, 11) is -3.38. The van der Waals surface area contributed by atoms with Gasteiger partial charge in [0.25, 0.3) is 0 Å². The zero-order valence-corrected chi connectivity index (χ0v) is 13.3. The maximum absolute atomic E-state index is 12.8. The molecule has 2 rings (SSSR count). The first-order valence-corrected chi connectivity index (χ1v) is 8.82. The average Bonchev–Trinajstić information content (AvgIpc) is 2.81. The van der Waals surface area contributed by atoms with E-state index in [1.807, 2.05) is 26.0 Å². The molecule has 112 valence electrons. The van der Waals surface area contributed by atoms with Gasteiger partial charge in [-0.2, -0.15) is 4.31 Å². The molecule has 2 unspecified atom stereocenters. The largest absolute Gasteiger partial charge is 0.385 e. The second-order valence-electron chi connectivity index (χ2n) is 5.38. The predicted molar refractivity (Wildman–Crippen MR) is 82.4 cm³/mol. The van der Waals surface area contributed by atoms with Crippen LogP contribution in [0.25, 0.3) is 0 Å². The van der Waals surface area contributed by atoms with Gasteiger partial charge in [-0.3, -0.25) is 0 Å². The van der Waals surface area contributed by atoms with Gasteiger partial charge in [-0.1, -0.05) is 6.92 Å². The lowest BCUT2D eigenvalue weighted by Gasteiger charge is -2.27. The van der Waals surface area contributed by atoms with Crippen LogP contribution in [0.2, 0.25) is 0 Å². The van der Waals surface area contributed by atoms with Crippen LogP contribution in [-0.4, -0.2) is 31.4 Å². The Bertz CT molecular complexity index is 539. The lowest BCUT2D eigenvalue weighted by atomic mass is 10.2. The molecule has 5 heteroatoms. The fourth-order valence-electron chi connectivity index (χ4n) is 2.94. The molecule has 1 saturated heterocycles. The number of nitrogens with one attached hydrogen (secondary N) is 1. The van der Waals surface area contributed by atoms with E-state index in [0.29, 0.717) is 4.90 Å². The molecule has 1 aliphatic heterocycles. The second-order valence-corrected chi connectivity index (χ2v) is 7.22. The second kappa shape index (κ2) is 6.14. The van der Waals surface area contributed by atoms with Crippen LogP contribution in [0.1, 0.15) is 40.0 Å². The van der Waals surface area contributed by atoms with Crippen molar-refractivity contribution in [3.63, 3.8) is 0 Å². The van der Waals surface area contributed by atoms with Crippen molar-refractivity contribution in [1.29, 1.82) is 0 Å². The van der Waals surface area contributed by atoms with E-state index in [2.05, 4.69) is 12.2 Å². The Kier molecular flexibility index (Phi) is 4.70. The Morgan fingerprint density at radius 3 is 2.40 bits per heavy atom. The SMILES string of the molecule is CCNc1ccc(S(=O)(=O)N2C(C)CCC2CC)cc1. The summed E-state index contributed by atoms with van der Waals surface area (Å²) in [5, 5.41) is 3.18. The molecule has 1 aromatic rings. The zero-order valence-electron chi connectivity index (χ0n) is 12.5. The number of benzene rings is 1. The molecule has 1 aromatic carbocycles. The maximum atomic E-state index is 12.8. The van der Waals surface area contributed by atoms with E-state index >= 15 is 0 Å². The van der Waals surface area contributed by atoms with Crippen molar-refractivity contribution in [2.24, 2.45) is 0 Å². The first kappa shape index (κ1) is 15.3. The summed E-state index contributed by atoms with van der Waals surface area (Å²) in [4.78, 5) is 0.395. The Hall–Kier alpha value is -1.07. The lowest BCUT2D eigenvalue weighted by Crippen LogP contribution is -2.39. The van der Waals surface area contributed by atoms with Crippen LogP contribution in [0.5, 0.6) is 0 Å². The van der Waals surface area contributed by atoms with Crippen LogP contribution < -0.4 is 5.32 Å². The van der Waals surface area contributed by atoms with E-state index < -0.39 is 10.0 Å². The van der Waals surface area contributed by atoms with Gasteiger partial charge in [-0.25, -0.2) is 8.42 Å². The summed E-state index contributed by atoms with van der Waals surface area (Å²) >= 11 is 0. The molecule has 1 N–H and O–H groups in total. The Morgan fingerprint density at radius 1 is 1.20 bits per heavy atom. The molecule has 20 heavy (non-hydrogen) atoms. The number of anilines is 1. The highest BCUT2D eigenvalue weighted by atomic mass is 32.2. The molecule has 1 aliphatic rings. The van der Waals surface area contributed by atoms with Crippen molar-refractivity contribution in [2.45, 2.75) is 57.0 Å². The maximum Gasteiger partial charge on any atom is 0.243 e. The zero-order chi connectivity index (χ0) is 14.8. The van der Waals surface area contributed by atoms with Crippen LogP contribution >= 0.6 is 0 Å². The van der Waals surface area contributed by atoms with E-state index in [1.54, 1.807) is 16.4 Å². The summed E-state index contributed by atoms with van der Waals surface area (Å²) in [6.07, 6.45) is 2.79. The van der Waals surface area contributed by atoms with Gasteiger partial charge in [-0.05, 0) is 57.4 Å². The van der Waals surface area contributed by atoms with Gasteiger partial charge in [0.15, 0.2) is 0 Å². The Labute approximate surface area is 122 Å². The standard InChI is InChI=1S/C15H24N2O2S/c1-4-14-9-6-12(3)17(14)20(18,19)15-10-7-13(8-11-15)16-5-2/h7-8,10-12,14,16H,4-6,9H2,1-3H3.